The number of alkyl halides is 2. The van der Waals surface area contributed by atoms with Crippen LogP contribution in [-0.2, 0) is 14.3 Å². The van der Waals surface area contributed by atoms with Crippen molar-refractivity contribution in [1.29, 1.82) is 0 Å². The highest BCUT2D eigenvalue weighted by Gasteiger charge is 2.48. The molecule has 4 rings (SSSR count). The van der Waals surface area contributed by atoms with E-state index in [0.717, 1.165) is 4.70 Å². The number of likely N-dealkylation sites (tertiary alicyclic amines) is 1. The number of carbonyl (C=O) groups is 3. The van der Waals surface area contributed by atoms with Gasteiger partial charge in [-0.3, -0.25) is 14.9 Å². The number of aromatic nitrogens is 2. The molecule has 1 fully saturated rings. The normalized spacial score (nSPS) is 19.2. The quantitative estimate of drug-likeness (QED) is 0.419. The molecule has 1 saturated heterocycles. The smallest absolute Gasteiger partial charge is 0.413 e. The van der Waals surface area contributed by atoms with E-state index in [1.807, 2.05) is 0 Å². The Hall–Kier alpha value is -3.67. The molecule has 3 amide bonds. The Morgan fingerprint density at radius 3 is 2.58 bits per heavy atom. The van der Waals surface area contributed by atoms with Gasteiger partial charge in [-0.1, -0.05) is 13.0 Å². The molecule has 1 aromatic carbocycles. The molecule has 202 valence electrons. The van der Waals surface area contributed by atoms with Crippen molar-refractivity contribution < 1.29 is 27.9 Å². The molecule has 0 aliphatic carbocycles. The fourth-order valence-corrected chi connectivity index (χ4v) is 4.88. The highest BCUT2D eigenvalue weighted by atomic mass is 32.1. The summed E-state index contributed by atoms with van der Waals surface area (Å²) in [6, 6.07) is 5.70. The standard InChI is InChI=1S/C26H29F2N5O4S/c1-14-8-17(11-29-21(14)32-24(36)37-25(3,4)5)31-22(34)23(35)33-12-15(2)26(27,28)10-19(33)16-6-7-20-18(9-16)30-13-38-20/h6-9,11,13,15,19H,10,12H2,1-5H3,(H,31,34)(H,29,32,36)/t15-,19-/m1/s1. The van der Waals surface area contributed by atoms with Crippen LogP contribution in [0.1, 0.15) is 51.3 Å². The number of hydrogen-bond acceptors (Lipinski definition) is 7. The summed E-state index contributed by atoms with van der Waals surface area (Å²) in [5.41, 5.74) is 2.84. The molecule has 0 bridgehead atoms. The van der Waals surface area contributed by atoms with Crippen LogP contribution < -0.4 is 10.6 Å². The lowest BCUT2D eigenvalue weighted by Gasteiger charge is -2.42. The fraction of sp³-hybridized carbons (Fsp3) is 0.423. The number of halogens is 2. The first kappa shape index (κ1) is 27.4. The highest BCUT2D eigenvalue weighted by molar-refractivity contribution is 7.16. The van der Waals surface area contributed by atoms with Gasteiger partial charge in [-0.05, 0) is 57.0 Å². The van der Waals surface area contributed by atoms with Crippen molar-refractivity contribution in [3.63, 3.8) is 0 Å². The van der Waals surface area contributed by atoms with Gasteiger partial charge in [0.2, 0.25) is 0 Å². The number of rotatable bonds is 3. The van der Waals surface area contributed by atoms with Gasteiger partial charge in [0, 0.05) is 18.9 Å². The van der Waals surface area contributed by atoms with E-state index in [9.17, 15) is 23.2 Å². The van der Waals surface area contributed by atoms with Crippen LogP contribution in [0.4, 0.5) is 25.1 Å². The zero-order valence-electron chi connectivity index (χ0n) is 21.7. The predicted molar refractivity (Wildman–Crippen MR) is 140 cm³/mol. The summed E-state index contributed by atoms with van der Waals surface area (Å²) in [6.07, 6.45) is -0.00185. The first-order valence-corrected chi connectivity index (χ1v) is 12.9. The predicted octanol–water partition coefficient (Wildman–Crippen LogP) is 5.53. The molecule has 9 nitrogen and oxygen atoms in total. The largest absolute Gasteiger partial charge is 0.444 e. The summed E-state index contributed by atoms with van der Waals surface area (Å²) in [4.78, 5) is 47.8. The number of hydrogen-bond donors (Lipinski definition) is 2. The van der Waals surface area contributed by atoms with Crippen molar-refractivity contribution in [2.75, 3.05) is 17.2 Å². The van der Waals surface area contributed by atoms with Crippen molar-refractivity contribution in [1.82, 2.24) is 14.9 Å². The maximum Gasteiger partial charge on any atom is 0.413 e. The van der Waals surface area contributed by atoms with Crippen LogP contribution >= 0.6 is 11.3 Å². The minimum absolute atomic E-state index is 0.214. The Bertz CT molecular complexity index is 1390. The number of ether oxygens (including phenoxy) is 1. The summed E-state index contributed by atoms with van der Waals surface area (Å²) < 4.78 is 35.6. The Balaban J connectivity index is 1.51. The molecule has 3 aromatic rings. The molecule has 2 aromatic heterocycles. The topological polar surface area (TPSA) is 114 Å². The van der Waals surface area contributed by atoms with E-state index in [0.29, 0.717) is 16.6 Å². The van der Waals surface area contributed by atoms with E-state index in [4.69, 9.17) is 4.74 Å². The lowest BCUT2D eigenvalue weighted by atomic mass is 9.86. The van der Waals surface area contributed by atoms with E-state index in [2.05, 4.69) is 20.6 Å². The van der Waals surface area contributed by atoms with Crippen LogP contribution in [0.3, 0.4) is 0 Å². The zero-order valence-corrected chi connectivity index (χ0v) is 22.5. The number of piperidine rings is 1. The van der Waals surface area contributed by atoms with Crippen molar-refractivity contribution in [3.05, 3.63) is 47.1 Å². The number of aryl methyl sites for hydroxylation is 1. The summed E-state index contributed by atoms with van der Waals surface area (Å²) in [6.45, 7) is 7.94. The minimum Gasteiger partial charge on any atom is -0.444 e. The summed E-state index contributed by atoms with van der Waals surface area (Å²) in [7, 11) is 0. The number of benzene rings is 1. The third-order valence-electron chi connectivity index (χ3n) is 6.18. The molecule has 1 aliphatic heterocycles. The van der Waals surface area contributed by atoms with Gasteiger partial charge in [0.1, 0.15) is 11.4 Å². The summed E-state index contributed by atoms with van der Waals surface area (Å²) >= 11 is 1.42. The molecular weight excluding hydrogens is 516 g/mol. The molecule has 2 N–H and O–H groups in total. The molecule has 38 heavy (non-hydrogen) atoms. The van der Waals surface area contributed by atoms with Crippen LogP contribution in [0, 0.1) is 12.8 Å². The van der Waals surface area contributed by atoms with E-state index >= 15 is 0 Å². The number of nitrogens with one attached hydrogen (secondary N) is 2. The van der Waals surface area contributed by atoms with Gasteiger partial charge in [-0.2, -0.15) is 0 Å². The van der Waals surface area contributed by atoms with E-state index < -0.39 is 47.8 Å². The molecule has 0 unspecified atom stereocenters. The number of nitrogens with zero attached hydrogens (tertiary/aromatic N) is 3. The number of pyridine rings is 1. The second kappa shape index (κ2) is 10.2. The maximum absolute atomic E-state index is 14.7. The van der Waals surface area contributed by atoms with Crippen molar-refractivity contribution in [2.24, 2.45) is 5.92 Å². The highest BCUT2D eigenvalue weighted by Crippen LogP contribution is 2.43. The third-order valence-corrected chi connectivity index (χ3v) is 6.99. The Morgan fingerprint density at radius 2 is 1.89 bits per heavy atom. The van der Waals surface area contributed by atoms with Crippen LogP contribution in [0.15, 0.2) is 36.0 Å². The van der Waals surface area contributed by atoms with E-state index in [1.54, 1.807) is 51.4 Å². The Labute approximate surface area is 222 Å². The number of thiazole rings is 1. The average Bonchev–Trinajstić information content (AvgIpc) is 3.28. The van der Waals surface area contributed by atoms with Crippen LogP contribution in [0.5, 0.6) is 0 Å². The van der Waals surface area contributed by atoms with Crippen molar-refractivity contribution >= 4 is 51.0 Å². The fourth-order valence-electron chi connectivity index (χ4n) is 4.22. The molecule has 2 atom stereocenters. The van der Waals surface area contributed by atoms with E-state index in [-0.39, 0.29) is 18.1 Å². The molecule has 1 aliphatic rings. The van der Waals surface area contributed by atoms with Crippen molar-refractivity contribution in [2.45, 2.75) is 58.6 Å². The lowest BCUT2D eigenvalue weighted by molar-refractivity contribution is -0.159. The Morgan fingerprint density at radius 1 is 1.16 bits per heavy atom. The summed E-state index contributed by atoms with van der Waals surface area (Å²) in [5, 5.41) is 5.03. The molecule has 3 heterocycles. The number of carbonyl (C=O) groups excluding carboxylic acids is 3. The molecule has 12 heteroatoms. The number of amides is 3. The first-order valence-electron chi connectivity index (χ1n) is 12.0. The number of anilines is 2. The SMILES string of the molecule is Cc1cc(NC(=O)C(=O)N2C[C@@H](C)C(F)(F)C[C@@H]2c2ccc3scnc3c2)cnc1NC(=O)OC(C)(C)C. The molecule has 0 saturated carbocycles. The van der Waals surface area contributed by atoms with Gasteiger partial charge in [0.25, 0.3) is 5.92 Å². The van der Waals surface area contributed by atoms with Gasteiger partial charge in [-0.15, -0.1) is 11.3 Å². The van der Waals surface area contributed by atoms with Crippen LogP contribution in [0.25, 0.3) is 10.2 Å². The molecule has 0 spiro atoms. The van der Waals surface area contributed by atoms with Gasteiger partial charge in [-0.25, -0.2) is 23.5 Å². The van der Waals surface area contributed by atoms with Gasteiger partial charge in [0.15, 0.2) is 0 Å². The zero-order chi connectivity index (χ0) is 27.8. The first-order chi connectivity index (χ1) is 17.7. The van der Waals surface area contributed by atoms with Gasteiger partial charge < -0.3 is 15.0 Å². The van der Waals surface area contributed by atoms with E-state index in [1.165, 1.54) is 35.4 Å². The Kier molecular flexibility index (Phi) is 7.37. The maximum atomic E-state index is 14.7. The third kappa shape index (κ3) is 6.07. The lowest BCUT2D eigenvalue weighted by Crippen LogP contribution is -2.52. The minimum atomic E-state index is -3.01. The number of fused-ring (bicyclic) bond motifs is 1. The van der Waals surface area contributed by atoms with Crippen LogP contribution in [-0.4, -0.2) is 50.8 Å². The monoisotopic (exact) mass is 545 g/mol. The van der Waals surface area contributed by atoms with Crippen LogP contribution in [0.2, 0.25) is 0 Å². The second-order valence-corrected chi connectivity index (χ2v) is 11.3. The average molecular weight is 546 g/mol. The molecular formula is C26H29F2N5O4S. The van der Waals surface area contributed by atoms with Gasteiger partial charge in [0.05, 0.1) is 33.7 Å². The van der Waals surface area contributed by atoms with Gasteiger partial charge >= 0.3 is 17.9 Å². The second-order valence-electron chi connectivity index (χ2n) is 10.4. The molecule has 0 radical (unpaired) electrons. The summed E-state index contributed by atoms with van der Waals surface area (Å²) in [5.74, 6) is -5.80. The van der Waals surface area contributed by atoms with Crippen molar-refractivity contribution in [3.8, 4) is 0 Å².